The number of allylic oxidation sites excluding steroid dienone is 2. The molecule has 0 aromatic rings. The Morgan fingerprint density at radius 3 is 2.09 bits per heavy atom. The van der Waals surface area contributed by atoms with Gasteiger partial charge in [-0.25, -0.2) is 0 Å². The van der Waals surface area contributed by atoms with Crippen molar-refractivity contribution < 1.29 is 9.59 Å². The summed E-state index contributed by atoms with van der Waals surface area (Å²) in [6.07, 6.45) is 19.3. The molecular weight excluding hydrogens is 286 g/mol. The van der Waals surface area contributed by atoms with Gasteiger partial charge in [-0.2, -0.15) is 0 Å². The van der Waals surface area contributed by atoms with Gasteiger partial charge in [-0.05, 0) is 18.8 Å². The molecule has 0 aliphatic carbocycles. The highest BCUT2D eigenvalue weighted by Gasteiger charge is 2.33. The molecule has 0 saturated carbocycles. The lowest BCUT2D eigenvalue weighted by molar-refractivity contribution is -0.126. The molecule has 2 unspecified atom stereocenters. The maximum Gasteiger partial charge on any atom is 0.230 e. The van der Waals surface area contributed by atoms with Crippen LogP contribution in [-0.4, -0.2) is 11.8 Å². The van der Waals surface area contributed by atoms with E-state index in [0.717, 1.165) is 6.42 Å². The van der Waals surface area contributed by atoms with E-state index in [9.17, 15) is 9.59 Å². The fourth-order valence-corrected chi connectivity index (χ4v) is 3.19. The van der Waals surface area contributed by atoms with Crippen molar-refractivity contribution in [2.24, 2.45) is 11.8 Å². The van der Waals surface area contributed by atoms with E-state index in [2.05, 4.69) is 24.4 Å². The molecule has 2 atom stereocenters. The number of carbonyl (C=O) groups is 2. The van der Waals surface area contributed by atoms with Crippen LogP contribution in [0, 0.1) is 11.8 Å². The molecule has 0 spiro atoms. The monoisotopic (exact) mass is 321 g/mol. The van der Waals surface area contributed by atoms with Gasteiger partial charge < -0.3 is 0 Å². The fraction of sp³-hybridized carbons (Fsp3) is 0.800. The van der Waals surface area contributed by atoms with Gasteiger partial charge in [0.1, 0.15) is 0 Å². The zero-order valence-corrected chi connectivity index (χ0v) is 15.1. The minimum absolute atomic E-state index is 0.105. The van der Waals surface area contributed by atoms with Gasteiger partial charge in [0, 0.05) is 6.42 Å². The predicted octanol–water partition coefficient (Wildman–Crippen LogP) is 5.15. The van der Waals surface area contributed by atoms with Gasteiger partial charge in [0.25, 0.3) is 0 Å². The summed E-state index contributed by atoms with van der Waals surface area (Å²) < 4.78 is 0. The average Bonchev–Trinajstić information content (AvgIpc) is 2.87. The zero-order valence-electron chi connectivity index (χ0n) is 15.1. The maximum absolute atomic E-state index is 11.6. The van der Waals surface area contributed by atoms with Gasteiger partial charge in [0.2, 0.25) is 11.8 Å². The Morgan fingerprint density at radius 2 is 1.57 bits per heavy atom. The lowest BCUT2D eigenvalue weighted by Gasteiger charge is -2.10. The van der Waals surface area contributed by atoms with E-state index in [1.807, 2.05) is 6.92 Å². The summed E-state index contributed by atoms with van der Waals surface area (Å²) in [5.41, 5.74) is 0. The summed E-state index contributed by atoms with van der Waals surface area (Å²) in [4.78, 5) is 22.8. The van der Waals surface area contributed by atoms with E-state index in [4.69, 9.17) is 0 Å². The Kier molecular flexibility index (Phi) is 10.7. The van der Waals surface area contributed by atoms with Gasteiger partial charge in [0.15, 0.2) is 0 Å². The lowest BCUT2D eigenvalue weighted by atomic mass is 9.92. The van der Waals surface area contributed by atoms with E-state index < -0.39 is 0 Å². The van der Waals surface area contributed by atoms with Crippen LogP contribution in [0.5, 0.6) is 0 Å². The molecule has 3 heteroatoms. The molecule has 3 nitrogen and oxygen atoms in total. The Morgan fingerprint density at radius 1 is 1.00 bits per heavy atom. The topological polar surface area (TPSA) is 46.2 Å². The molecule has 1 N–H and O–H groups in total. The first-order valence-corrected chi connectivity index (χ1v) is 9.65. The number of hydrogen-bond donors (Lipinski definition) is 1. The largest absolute Gasteiger partial charge is 0.296 e. The predicted molar refractivity (Wildman–Crippen MR) is 96.0 cm³/mol. The summed E-state index contributed by atoms with van der Waals surface area (Å²) >= 11 is 0. The maximum atomic E-state index is 11.6. The SMILES string of the molecule is CCCCCCCCCCCC/C=C/C(C)C1CC(=O)NC1=O. The van der Waals surface area contributed by atoms with Gasteiger partial charge in [-0.15, -0.1) is 0 Å². The smallest absolute Gasteiger partial charge is 0.230 e. The highest BCUT2D eigenvalue weighted by Crippen LogP contribution is 2.22. The van der Waals surface area contributed by atoms with Crippen molar-refractivity contribution in [2.45, 2.75) is 90.9 Å². The van der Waals surface area contributed by atoms with Crippen LogP contribution in [0.2, 0.25) is 0 Å². The van der Waals surface area contributed by atoms with Crippen LogP contribution in [-0.2, 0) is 9.59 Å². The first kappa shape index (κ1) is 19.9. The summed E-state index contributed by atoms with van der Waals surface area (Å²) in [7, 11) is 0. The normalized spacial score (nSPS) is 19.5. The highest BCUT2D eigenvalue weighted by molar-refractivity contribution is 6.03. The Balaban J connectivity index is 1.94. The van der Waals surface area contributed by atoms with Crippen molar-refractivity contribution in [1.82, 2.24) is 5.32 Å². The van der Waals surface area contributed by atoms with E-state index >= 15 is 0 Å². The molecule has 1 heterocycles. The molecule has 1 saturated heterocycles. The molecule has 132 valence electrons. The standard InChI is InChI=1S/C20H35NO2/c1-3-4-5-6-7-8-9-10-11-12-13-14-15-17(2)18-16-19(22)21-20(18)23/h14-15,17-18H,3-13,16H2,1-2H3,(H,21,22,23)/b15-14+. The van der Waals surface area contributed by atoms with Crippen molar-refractivity contribution in [3.63, 3.8) is 0 Å². The van der Waals surface area contributed by atoms with E-state index in [1.54, 1.807) is 0 Å². The van der Waals surface area contributed by atoms with Crippen molar-refractivity contribution >= 4 is 11.8 Å². The minimum Gasteiger partial charge on any atom is -0.296 e. The minimum atomic E-state index is -0.161. The molecule has 0 radical (unpaired) electrons. The average molecular weight is 322 g/mol. The van der Waals surface area contributed by atoms with Crippen molar-refractivity contribution in [2.75, 3.05) is 0 Å². The number of amides is 2. The van der Waals surface area contributed by atoms with Gasteiger partial charge in [0.05, 0.1) is 5.92 Å². The summed E-state index contributed by atoms with van der Waals surface area (Å²) in [6.45, 7) is 4.29. The van der Waals surface area contributed by atoms with E-state index in [1.165, 1.54) is 64.2 Å². The number of carbonyl (C=O) groups excluding carboxylic acids is 2. The molecule has 1 fully saturated rings. The summed E-state index contributed by atoms with van der Waals surface area (Å²) in [5, 5.41) is 2.38. The van der Waals surface area contributed by atoms with Crippen LogP contribution in [0.1, 0.15) is 90.9 Å². The second-order valence-corrected chi connectivity index (χ2v) is 6.98. The molecule has 0 bridgehead atoms. The number of hydrogen-bond acceptors (Lipinski definition) is 2. The number of unbranched alkanes of at least 4 members (excludes halogenated alkanes) is 10. The van der Waals surface area contributed by atoms with Crippen LogP contribution in [0.3, 0.4) is 0 Å². The number of nitrogens with one attached hydrogen (secondary N) is 1. The highest BCUT2D eigenvalue weighted by atomic mass is 16.2. The first-order valence-electron chi connectivity index (χ1n) is 9.65. The molecule has 1 aliphatic heterocycles. The van der Waals surface area contributed by atoms with E-state index in [0.29, 0.717) is 6.42 Å². The second-order valence-electron chi connectivity index (χ2n) is 6.98. The molecule has 23 heavy (non-hydrogen) atoms. The van der Waals surface area contributed by atoms with Crippen LogP contribution >= 0.6 is 0 Å². The first-order chi connectivity index (χ1) is 11.1. The quantitative estimate of drug-likeness (QED) is 0.289. The number of imide groups is 1. The molecule has 0 aromatic carbocycles. The Hall–Kier alpha value is -1.12. The van der Waals surface area contributed by atoms with Gasteiger partial charge in [-0.3, -0.25) is 14.9 Å². The fourth-order valence-electron chi connectivity index (χ4n) is 3.19. The molecule has 0 aromatic heterocycles. The van der Waals surface area contributed by atoms with Crippen molar-refractivity contribution in [3.8, 4) is 0 Å². The van der Waals surface area contributed by atoms with Crippen LogP contribution < -0.4 is 5.32 Å². The van der Waals surface area contributed by atoms with Crippen LogP contribution in [0.4, 0.5) is 0 Å². The third-order valence-electron chi connectivity index (χ3n) is 4.80. The Labute approximate surface area is 142 Å². The van der Waals surface area contributed by atoms with Crippen LogP contribution in [0.25, 0.3) is 0 Å². The zero-order chi connectivity index (χ0) is 16.9. The summed E-state index contributed by atoms with van der Waals surface area (Å²) in [6, 6.07) is 0. The van der Waals surface area contributed by atoms with Crippen molar-refractivity contribution in [3.05, 3.63) is 12.2 Å². The van der Waals surface area contributed by atoms with Crippen molar-refractivity contribution in [1.29, 1.82) is 0 Å². The van der Waals surface area contributed by atoms with E-state index in [-0.39, 0.29) is 23.7 Å². The number of rotatable bonds is 13. The lowest BCUT2D eigenvalue weighted by Crippen LogP contribution is -2.24. The second kappa shape index (κ2) is 12.3. The third-order valence-corrected chi connectivity index (χ3v) is 4.80. The molecule has 1 aliphatic rings. The molecular formula is C20H35NO2. The Bertz CT molecular complexity index is 376. The van der Waals surface area contributed by atoms with Gasteiger partial charge >= 0.3 is 0 Å². The molecule has 2 amide bonds. The molecule has 1 rings (SSSR count). The van der Waals surface area contributed by atoms with Gasteiger partial charge in [-0.1, -0.05) is 83.8 Å². The summed E-state index contributed by atoms with van der Waals surface area (Å²) in [5.74, 6) is -0.239. The third kappa shape index (κ3) is 8.92. The van der Waals surface area contributed by atoms with Crippen LogP contribution in [0.15, 0.2) is 12.2 Å².